The lowest BCUT2D eigenvalue weighted by molar-refractivity contribution is -0.132. The van der Waals surface area contributed by atoms with Crippen molar-refractivity contribution in [1.29, 1.82) is 0 Å². The molecular formula is C13H14N2O4S. The van der Waals surface area contributed by atoms with Gasteiger partial charge in [-0.05, 0) is 36.3 Å². The van der Waals surface area contributed by atoms with Crippen LogP contribution in [0.1, 0.15) is 35.7 Å². The molecule has 1 aliphatic heterocycles. The van der Waals surface area contributed by atoms with E-state index in [1.807, 2.05) is 11.4 Å². The number of hydrogen-bond donors (Lipinski definition) is 2. The van der Waals surface area contributed by atoms with Crippen LogP contribution in [0.25, 0.3) is 0 Å². The average molecular weight is 294 g/mol. The summed E-state index contributed by atoms with van der Waals surface area (Å²) in [5.74, 6) is -1.44. The summed E-state index contributed by atoms with van der Waals surface area (Å²) in [5.41, 5.74) is 1.07. The molecule has 1 aromatic heterocycles. The van der Waals surface area contributed by atoms with Gasteiger partial charge in [-0.2, -0.15) is 0 Å². The number of carboxylic acid groups (broad SMARTS) is 1. The summed E-state index contributed by atoms with van der Waals surface area (Å²) >= 11 is 1.71. The maximum absolute atomic E-state index is 12.1. The van der Waals surface area contributed by atoms with Crippen LogP contribution >= 0.6 is 11.3 Å². The van der Waals surface area contributed by atoms with Crippen molar-refractivity contribution in [3.63, 3.8) is 0 Å². The number of oxime groups is 1. The smallest absolute Gasteiger partial charge is 0.353 e. The summed E-state index contributed by atoms with van der Waals surface area (Å²) in [6.45, 7) is 0. The number of carboxylic acids is 1. The fourth-order valence-electron chi connectivity index (χ4n) is 2.55. The predicted octanol–water partition coefficient (Wildman–Crippen LogP) is 1.47. The molecule has 0 saturated heterocycles. The maximum Gasteiger partial charge on any atom is 0.353 e. The van der Waals surface area contributed by atoms with E-state index in [9.17, 15) is 9.59 Å². The van der Waals surface area contributed by atoms with E-state index in [2.05, 4.69) is 10.5 Å². The quantitative estimate of drug-likeness (QED) is 0.883. The first-order valence-electron chi connectivity index (χ1n) is 6.48. The molecule has 2 atom stereocenters. The second kappa shape index (κ2) is 5.24. The highest BCUT2D eigenvalue weighted by molar-refractivity contribution is 7.10. The first-order chi connectivity index (χ1) is 9.65. The molecule has 0 spiro atoms. The molecule has 20 heavy (non-hydrogen) atoms. The van der Waals surface area contributed by atoms with Gasteiger partial charge in [0.25, 0.3) is 5.91 Å². The summed E-state index contributed by atoms with van der Waals surface area (Å²) in [7, 11) is 0. The van der Waals surface area contributed by atoms with Crippen molar-refractivity contribution < 1.29 is 19.5 Å². The van der Waals surface area contributed by atoms with Crippen LogP contribution in [0, 0.1) is 0 Å². The average Bonchev–Trinajstić information content (AvgIpc) is 3.08. The van der Waals surface area contributed by atoms with Gasteiger partial charge in [-0.25, -0.2) is 4.79 Å². The van der Waals surface area contributed by atoms with Crippen LogP contribution in [0.3, 0.4) is 0 Å². The zero-order chi connectivity index (χ0) is 14.1. The van der Waals surface area contributed by atoms with Gasteiger partial charge in [0.15, 0.2) is 5.71 Å². The molecule has 0 radical (unpaired) electrons. The van der Waals surface area contributed by atoms with E-state index >= 15 is 0 Å². The van der Waals surface area contributed by atoms with Crippen LogP contribution in [0.2, 0.25) is 0 Å². The number of carbonyl (C=O) groups is 2. The van der Waals surface area contributed by atoms with Gasteiger partial charge in [-0.3, -0.25) is 4.79 Å². The summed E-state index contributed by atoms with van der Waals surface area (Å²) in [4.78, 5) is 29.1. The summed E-state index contributed by atoms with van der Waals surface area (Å²) < 4.78 is 0. The van der Waals surface area contributed by atoms with Crippen LogP contribution < -0.4 is 5.32 Å². The number of nitrogens with zero attached hydrogens (tertiary/aromatic N) is 1. The van der Waals surface area contributed by atoms with Crippen LogP contribution in [0.4, 0.5) is 0 Å². The Hall–Kier alpha value is -1.89. The lowest BCUT2D eigenvalue weighted by Crippen LogP contribution is -2.38. The number of rotatable bonds is 3. The van der Waals surface area contributed by atoms with Crippen molar-refractivity contribution in [2.24, 2.45) is 5.16 Å². The van der Waals surface area contributed by atoms with Crippen LogP contribution in [0.5, 0.6) is 0 Å². The van der Waals surface area contributed by atoms with E-state index in [1.165, 1.54) is 10.4 Å². The number of fused-ring (bicyclic) bond motifs is 1. The number of hydrogen-bond acceptors (Lipinski definition) is 5. The second-order valence-corrected chi connectivity index (χ2v) is 5.89. The number of nitrogens with one attached hydrogen (secondary N) is 1. The highest BCUT2D eigenvalue weighted by atomic mass is 32.1. The van der Waals surface area contributed by atoms with E-state index in [0.29, 0.717) is 0 Å². The molecule has 1 aliphatic carbocycles. The van der Waals surface area contributed by atoms with Crippen molar-refractivity contribution >= 4 is 28.9 Å². The number of amides is 1. The Morgan fingerprint density at radius 2 is 2.35 bits per heavy atom. The van der Waals surface area contributed by atoms with E-state index in [1.54, 1.807) is 11.3 Å². The van der Waals surface area contributed by atoms with Crippen molar-refractivity contribution in [2.75, 3.05) is 0 Å². The zero-order valence-electron chi connectivity index (χ0n) is 10.7. The van der Waals surface area contributed by atoms with Gasteiger partial charge >= 0.3 is 5.97 Å². The van der Waals surface area contributed by atoms with E-state index in [4.69, 9.17) is 9.94 Å². The Labute approximate surface area is 119 Å². The molecule has 2 N–H and O–H groups in total. The largest absolute Gasteiger partial charge is 0.477 e. The Morgan fingerprint density at radius 1 is 1.50 bits per heavy atom. The number of carbonyl (C=O) groups excluding carboxylic acids is 1. The van der Waals surface area contributed by atoms with Crippen molar-refractivity contribution in [1.82, 2.24) is 5.32 Å². The Kier molecular flexibility index (Phi) is 3.43. The normalized spacial score (nSPS) is 24.5. The van der Waals surface area contributed by atoms with Gasteiger partial charge in [0.05, 0.1) is 6.04 Å². The van der Waals surface area contributed by atoms with E-state index < -0.39 is 12.1 Å². The van der Waals surface area contributed by atoms with Crippen molar-refractivity contribution in [3.05, 3.63) is 21.9 Å². The molecule has 0 aromatic carbocycles. The molecule has 7 heteroatoms. The lowest BCUT2D eigenvalue weighted by Gasteiger charge is -2.24. The van der Waals surface area contributed by atoms with Gasteiger partial charge in [-0.1, -0.05) is 5.16 Å². The monoisotopic (exact) mass is 294 g/mol. The topological polar surface area (TPSA) is 88.0 Å². The van der Waals surface area contributed by atoms with Gasteiger partial charge in [0.1, 0.15) is 0 Å². The molecule has 0 fully saturated rings. The zero-order valence-corrected chi connectivity index (χ0v) is 11.5. The van der Waals surface area contributed by atoms with Gasteiger partial charge in [-0.15, -0.1) is 11.3 Å². The van der Waals surface area contributed by atoms with E-state index in [-0.39, 0.29) is 24.1 Å². The molecule has 1 amide bonds. The lowest BCUT2D eigenvalue weighted by atomic mass is 9.94. The summed E-state index contributed by atoms with van der Waals surface area (Å²) in [6, 6.07) is 2.04. The Bertz CT molecular complexity index is 581. The van der Waals surface area contributed by atoms with Crippen LogP contribution in [-0.4, -0.2) is 28.8 Å². The second-order valence-electron chi connectivity index (χ2n) is 4.89. The third-order valence-electron chi connectivity index (χ3n) is 3.58. The number of aliphatic carboxylic acids is 1. The van der Waals surface area contributed by atoms with Crippen LogP contribution in [-0.2, 0) is 20.8 Å². The first-order valence-corrected chi connectivity index (χ1v) is 7.35. The fourth-order valence-corrected chi connectivity index (χ4v) is 3.53. The summed E-state index contributed by atoms with van der Waals surface area (Å²) in [5, 5.41) is 17.2. The minimum absolute atomic E-state index is 0.00465. The predicted molar refractivity (Wildman–Crippen MR) is 72.7 cm³/mol. The standard InChI is InChI=1S/C13H14N2O4S/c16-12(10-6-9(13(17)18)15-19-10)14-8-2-1-3-11-7(8)4-5-20-11/h4-5,8,10H,1-3,6H2,(H,14,16)(H,17,18). The Balaban J connectivity index is 1.63. The molecule has 0 bridgehead atoms. The van der Waals surface area contributed by atoms with Gasteiger partial charge in [0.2, 0.25) is 6.10 Å². The van der Waals surface area contributed by atoms with Gasteiger partial charge in [0, 0.05) is 11.3 Å². The van der Waals surface area contributed by atoms with Crippen LogP contribution in [0.15, 0.2) is 16.6 Å². The molecule has 2 heterocycles. The van der Waals surface area contributed by atoms with Crippen molar-refractivity contribution in [3.8, 4) is 0 Å². The third-order valence-corrected chi connectivity index (χ3v) is 4.57. The number of aryl methyl sites for hydroxylation is 1. The molecular weight excluding hydrogens is 280 g/mol. The SMILES string of the molecule is O=C(O)C1=NOC(C(=O)NC2CCCc3sccc32)C1. The van der Waals surface area contributed by atoms with Gasteiger partial charge < -0.3 is 15.3 Å². The fraction of sp³-hybridized carbons (Fsp3) is 0.462. The van der Waals surface area contributed by atoms with E-state index in [0.717, 1.165) is 19.3 Å². The molecule has 106 valence electrons. The third kappa shape index (κ3) is 2.40. The minimum Gasteiger partial charge on any atom is -0.477 e. The Morgan fingerprint density at radius 3 is 3.10 bits per heavy atom. The molecule has 2 unspecified atom stereocenters. The molecule has 0 saturated carbocycles. The highest BCUT2D eigenvalue weighted by Crippen LogP contribution is 2.33. The minimum atomic E-state index is -1.14. The molecule has 1 aromatic rings. The van der Waals surface area contributed by atoms with Crippen molar-refractivity contribution in [2.45, 2.75) is 37.8 Å². The molecule has 2 aliphatic rings. The maximum atomic E-state index is 12.1. The molecule has 3 rings (SSSR count). The highest BCUT2D eigenvalue weighted by Gasteiger charge is 2.33. The first kappa shape index (κ1) is 13.1. The molecule has 6 nitrogen and oxygen atoms in total. The summed E-state index contributed by atoms with van der Waals surface area (Å²) in [6.07, 6.45) is 2.19. The number of thiophene rings is 1.